The summed E-state index contributed by atoms with van der Waals surface area (Å²) in [4.78, 5) is 22.6. The molecule has 0 amide bonds. The highest BCUT2D eigenvalue weighted by Crippen LogP contribution is 2.45. The number of hydrogen-bond acceptors (Lipinski definition) is 3. The van der Waals surface area contributed by atoms with Crippen LogP contribution in [-0.4, -0.2) is 17.0 Å². The zero-order valence-electron chi connectivity index (χ0n) is 12.8. The number of alkyl halides is 2. The minimum atomic E-state index is -2.93. The van der Waals surface area contributed by atoms with Crippen molar-refractivity contribution in [1.82, 2.24) is 0 Å². The zero-order valence-corrected chi connectivity index (χ0v) is 12.8. The topological polar surface area (TPSA) is 63.6 Å². The fraction of sp³-hybridized carbons (Fsp3) is 0.412. The third-order valence-electron chi connectivity index (χ3n) is 4.05. The molecule has 0 atom stereocenters. The summed E-state index contributed by atoms with van der Waals surface area (Å²) in [6.45, 7) is 4.11. The summed E-state index contributed by atoms with van der Waals surface area (Å²) in [6, 6.07) is 5.70. The Bertz CT molecular complexity index is 625. The Balaban J connectivity index is 2.13. The number of rotatable bonds is 6. The van der Waals surface area contributed by atoms with Gasteiger partial charge in [-0.05, 0) is 24.8 Å². The van der Waals surface area contributed by atoms with Crippen molar-refractivity contribution in [3.63, 3.8) is 0 Å². The molecule has 2 rings (SSSR count). The van der Waals surface area contributed by atoms with Gasteiger partial charge in [-0.15, -0.1) is 0 Å². The molecule has 0 aromatic heterocycles. The number of aliphatic carboxylic acids is 1. The lowest BCUT2D eigenvalue weighted by atomic mass is 9.74. The van der Waals surface area contributed by atoms with E-state index in [1.807, 2.05) is 0 Å². The third kappa shape index (κ3) is 3.75. The fourth-order valence-corrected chi connectivity index (χ4v) is 2.52. The molecule has 0 bridgehead atoms. The highest BCUT2D eigenvalue weighted by atomic mass is 19.3. The van der Waals surface area contributed by atoms with Crippen molar-refractivity contribution >= 4 is 11.9 Å². The number of halogens is 2. The number of carboxylic acids is 1. The summed E-state index contributed by atoms with van der Waals surface area (Å²) >= 11 is 0. The van der Waals surface area contributed by atoms with Crippen molar-refractivity contribution in [1.29, 1.82) is 0 Å². The smallest absolute Gasteiger partial charge is 0.331 e. The van der Waals surface area contributed by atoms with Crippen molar-refractivity contribution in [3.8, 4) is 0 Å². The maximum absolute atomic E-state index is 13.3. The van der Waals surface area contributed by atoms with Crippen molar-refractivity contribution < 1.29 is 28.2 Å². The van der Waals surface area contributed by atoms with Gasteiger partial charge in [0, 0.05) is 18.1 Å². The Morgan fingerprint density at radius 1 is 1.30 bits per heavy atom. The molecular weight excluding hydrogens is 306 g/mol. The molecule has 124 valence electrons. The minimum absolute atomic E-state index is 0.110. The molecule has 1 aromatic carbocycles. The SMILES string of the molecule is C=C(CC(=O)OC1(c2ccc(C(C)(F)F)cc2)CCC1)C(=O)O. The Hall–Kier alpha value is -2.24. The monoisotopic (exact) mass is 324 g/mol. The van der Waals surface area contributed by atoms with Gasteiger partial charge in [0.05, 0.1) is 6.42 Å². The molecular formula is C17H18F2O4. The molecule has 1 aliphatic rings. The molecule has 1 fully saturated rings. The van der Waals surface area contributed by atoms with E-state index in [-0.39, 0.29) is 11.1 Å². The van der Waals surface area contributed by atoms with E-state index in [2.05, 4.69) is 6.58 Å². The Morgan fingerprint density at radius 3 is 2.26 bits per heavy atom. The molecule has 1 saturated carbocycles. The molecule has 1 N–H and O–H groups in total. The van der Waals surface area contributed by atoms with E-state index in [1.54, 1.807) is 0 Å². The summed E-state index contributed by atoms with van der Waals surface area (Å²) in [5.41, 5.74) is -0.560. The van der Waals surface area contributed by atoms with Gasteiger partial charge in [-0.2, -0.15) is 0 Å². The van der Waals surface area contributed by atoms with Crippen LogP contribution in [0, 0.1) is 0 Å². The van der Waals surface area contributed by atoms with Gasteiger partial charge in [0.2, 0.25) is 0 Å². The van der Waals surface area contributed by atoms with Gasteiger partial charge >= 0.3 is 11.9 Å². The van der Waals surface area contributed by atoms with Crippen LogP contribution in [0.25, 0.3) is 0 Å². The second kappa shape index (κ2) is 6.10. The first-order chi connectivity index (χ1) is 10.6. The molecule has 23 heavy (non-hydrogen) atoms. The minimum Gasteiger partial charge on any atom is -0.478 e. The number of carbonyl (C=O) groups is 2. The van der Waals surface area contributed by atoms with Crippen LogP contribution in [-0.2, 0) is 25.8 Å². The summed E-state index contributed by atoms with van der Waals surface area (Å²) in [6.07, 6.45) is 1.61. The molecule has 1 aliphatic carbocycles. The van der Waals surface area contributed by atoms with Crippen LogP contribution in [0.4, 0.5) is 8.78 Å². The van der Waals surface area contributed by atoms with Crippen LogP contribution < -0.4 is 0 Å². The Morgan fingerprint density at radius 2 is 1.87 bits per heavy atom. The molecule has 0 aliphatic heterocycles. The highest BCUT2D eigenvalue weighted by molar-refractivity contribution is 5.91. The standard InChI is InChI=1S/C17H18F2O4/c1-11(15(21)22)10-14(20)23-17(8-3-9-17)13-6-4-12(5-7-13)16(2,18)19/h4-7H,1,3,8-10H2,2H3,(H,21,22). The van der Waals surface area contributed by atoms with E-state index in [0.717, 1.165) is 13.3 Å². The fourth-order valence-electron chi connectivity index (χ4n) is 2.52. The summed E-state index contributed by atoms with van der Waals surface area (Å²) in [5.74, 6) is -4.86. The number of ether oxygens (including phenoxy) is 1. The van der Waals surface area contributed by atoms with Crippen LogP contribution in [0.1, 0.15) is 43.7 Å². The molecule has 4 nitrogen and oxygen atoms in total. The molecule has 0 spiro atoms. The molecule has 0 saturated heterocycles. The first kappa shape index (κ1) is 17.1. The van der Waals surface area contributed by atoms with Crippen LogP contribution in [0.2, 0.25) is 0 Å². The predicted octanol–water partition coefficient (Wildman–Crippen LogP) is 3.75. The molecule has 1 aromatic rings. The highest BCUT2D eigenvalue weighted by Gasteiger charge is 2.43. The van der Waals surface area contributed by atoms with Crippen LogP contribution in [0.3, 0.4) is 0 Å². The summed E-state index contributed by atoms with van der Waals surface area (Å²) in [7, 11) is 0. The lowest BCUT2D eigenvalue weighted by Crippen LogP contribution is -2.39. The van der Waals surface area contributed by atoms with Gasteiger partial charge in [-0.3, -0.25) is 4.79 Å². The van der Waals surface area contributed by atoms with Gasteiger partial charge in [0.1, 0.15) is 5.60 Å². The van der Waals surface area contributed by atoms with Gasteiger partial charge in [-0.1, -0.05) is 30.8 Å². The predicted molar refractivity (Wildman–Crippen MR) is 79.0 cm³/mol. The summed E-state index contributed by atoms with van der Waals surface area (Å²) in [5, 5.41) is 8.75. The van der Waals surface area contributed by atoms with E-state index in [9.17, 15) is 18.4 Å². The first-order valence-electron chi connectivity index (χ1n) is 7.26. The lowest BCUT2D eigenvalue weighted by molar-refractivity contribution is -0.171. The number of hydrogen-bond donors (Lipinski definition) is 1. The molecule has 6 heteroatoms. The summed E-state index contributed by atoms with van der Waals surface area (Å²) < 4.78 is 32.0. The molecule has 0 radical (unpaired) electrons. The van der Waals surface area contributed by atoms with Crippen LogP contribution in [0.15, 0.2) is 36.4 Å². The van der Waals surface area contributed by atoms with Gasteiger partial charge in [0.25, 0.3) is 5.92 Å². The van der Waals surface area contributed by atoms with Gasteiger partial charge in [-0.25, -0.2) is 13.6 Å². The number of carbonyl (C=O) groups excluding carboxylic acids is 1. The average Bonchev–Trinajstić information content (AvgIpc) is 2.42. The van der Waals surface area contributed by atoms with Crippen molar-refractivity contribution in [2.75, 3.05) is 0 Å². The third-order valence-corrected chi connectivity index (χ3v) is 4.05. The van der Waals surface area contributed by atoms with E-state index in [0.29, 0.717) is 18.4 Å². The van der Waals surface area contributed by atoms with E-state index in [1.165, 1.54) is 24.3 Å². The quantitative estimate of drug-likeness (QED) is 0.639. The van der Waals surface area contributed by atoms with Gasteiger partial charge in [0.15, 0.2) is 0 Å². The maximum atomic E-state index is 13.3. The zero-order chi connectivity index (χ0) is 17.3. The maximum Gasteiger partial charge on any atom is 0.331 e. The molecule has 0 unspecified atom stereocenters. The van der Waals surface area contributed by atoms with Crippen LogP contribution in [0.5, 0.6) is 0 Å². The van der Waals surface area contributed by atoms with Crippen molar-refractivity contribution in [3.05, 3.63) is 47.5 Å². The van der Waals surface area contributed by atoms with Crippen molar-refractivity contribution in [2.24, 2.45) is 0 Å². The number of carboxylic acid groups (broad SMARTS) is 1. The van der Waals surface area contributed by atoms with Crippen LogP contribution >= 0.6 is 0 Å². The lowest BCUT2D eigenvalue weighted by Gasteiger charge is -2.41. The second-order valence-corrected chi connectivity index (χ2v) is 5.87. The second-order valence-electron chi connectivity index (χ2n) is 5.87. The van der Waals surface area contributed by atoms with E-state index < -0.39 is 29.9 Å². The van der Waals surface area contributed by atoms with E-state index >= 15 is 0 Å². The average molecular weight is 324 g/mol. The molecule has 0 heterocycles. The largest absolute Gasteiger partial charge is 0.478 e. The Kier molecular flexibility index (Phi) is 4.54. The number of esters is 1. The Labute approximate surface area is 132 Å². The van der Waals surface area contributed by atoms with Gasteiger partial charge < -0.3 is 9.84 Å². The first-order valence-corrected chi connectivity index (χ1v) is 7.26. The normalized spacial score (nSPS) is 16.3. The van der Waals surface area contributed by atoms with E-state index in [4.69, 9.17) is 9.84 Å². The number of benzene rings is 1. The van der Waals surface area contributed by atoms with Crippen molar-refractivity contribution in [2.45, 2.75) is 44.1 Å².